The number of aliphatic hydroxyl groups excluding tert-OH is 1. The van der Waals surface area contributed by atoms with Crippen molar-refractivity contribution in [2.24, 2.45) is 5.92 Å². The van der Waals surface area contributed by atoms with Gasteiger partial charge in [-0.1, -0.05) is 44.9 Å². The number of halogens is 1. The minimum absolute atomic E-state index is 0.0314. The zero-order valence-corrected chi connectivity index (χ0v) is 20.2. The van der Waals surface area contributed by atoms with E-state index in [1.165, 1.54) is 6.92 Å². The van der Waals surface area contributed by atoms with Gasteiger partial charge in [-0.15, -0.1) is 0 Å². The monoisotopic (exact) mass is 475 g/mol. The summed E-state index contributed by atoms with van der Waals surface area (Å²) < 4.78 is 10.9. The lowest BCUT2D eigenvalue weighted by Gasteiger charge is -2.36. The number of carbonyl (C=O) groups excluding carboxylic acids is 3. The number of rotatable bonds is 10. The Morgan fingerprint density at radius 2 is 2.06 bits per heavy atom. The van der Waals surface area contributed by atoms with E-state index in [4.69, 9.17) is 26.2 Å². The third kappa shape index (κ3) is 4.63. The smallest absolute Gasteiger partial charge is 0.343 e. The van der Waals surface area contributed by atoms with Gasteiger partial charge in [0, 0.05) is 41.6 Å². The summed E-state index contributed by atoms with van der Waals surface area (Å²) in [4.78, 5) is 40.4. The quantitative estimate of drug-likeness (QED) is 0.294. The second-order valence-electron chi connectivity index (χ2n) is 8.39. The molecule has 1 N–H and O–H groups in total. The van der Waals surface area contributed by atoms with Crippen LogP contribution in [0.25, 0.3) is 0 Å². The summed E-state index contributed by atoms with van der Waals surface area (Å²) in [5.41, 5.74) is 0.319. The average Bonchev–Trinajstić information content (AvgIpc) is 3.09. The Bertz CT molecular complexity index is 1020. The zero-order chi connectivity index (χ0) is 24.3. The maximum absolute atomic E-state index is 13.2. The first-order valence-corrected chi connectivity index (χ1v) is 11.6. The van der Waals surface area contributed by atoms with Crippen LogP contribution in [0.3, 0.4) is 0 Å². The lowest BCUT2D eigenvalue weighted by molar-refractivity contribution is -0.153. The number of esters is 1. The predicted octanol–water partition coefficient (Wildman–Crippen LogP) is 3.35. The molecule has 2 atom stereocenters. The Morgan fingerprint density at radius 1 is 1.33 bits per heavy atom. The number of allylic oxidation sites excluding steroid dienone is 4. The molecule has 0 aromatic heterocycles. The fraction of sp³-hybridized carbons (Fsp3) is 0.480. The van der Waals surface area contributed by atoms with E-state index in [0.29, 0.717) is 30.2 Å². The van der Waals surface area contributed by atoms with Crippen LogP contribution in [-0.2, 0) is 23.9 Å². The number of fused-ring (bicyclic) bond motifs is 3. The van der Waals surface area contributed by atoms with Crippen molar-refractivity contribution in [2.75, 3.05) is 26.4 Å². The summed E-state index contributed by atoms with van der Waals surface area (Å²) in [6, 6.07) is 0. The predicted molar refractivity (Wildman–Crippen MR) is 124 cm³/mol. The molecule has 0 bridgehead atoms. The number of hydrogen-bond acceptors (Lipinski definition) is 7. The van der Waals surface area contributed by atoms with Crippen LogP contribution in [-0.4, -0.2) is 59.5 Å². The molecule has 8 heteroatoms. The summed E-state index contributed by atoms with van der Waals surface area (Å²) in [7, 11) is 0. The van der Waals surface area contributed by atoms with Crippen molar-refractivity contribution in [2.45, 2.75) is 46.1 Å². The summed E-state index contributed by atoms with van der Waals surface area (Å²) >= 11 is 6.51. The highest BCUT2D eigenvalue weighted by molar-refractivity contribution is 6.46. The van der Waals surface area contributed by atoms with Gasteiger partial charge in [0.2, 0.25) is 5.78 Å². The van der Waals surface area contributed by atoms with E-state index in [9.17, 15) is 14.4 Å². The van der Waals surface area contributed by atoms with Gasteiger partial charge in [0.05, 0.1) is 24.9 Å². The number of Topliss-reactive ketones (excluding diaryl/α,β-unsaturated/α-hetero) is 2. The molecule has 3 rings (SSSR count). The molecule has 0 fully saturated rings. The van der Waals surface area contributed by atoms with Crippen molar-refractivity contribution in [1.82, 2.24) is 4.90 Å². The molecule has 33 heavy (non-hydrogen) atoms. The molecule has 2 heterocycles. The van der Waals surface area contributed by atoms with Gasteiger partial charge in [0.1, 0.15) is 5.57 Å². The van der Waals surface area contributed by atoms with Crippen LogP contribution in [0.15, 0.2) is 57.4 Å². The number of hydrogen-bond donors (Lipinski definition) is 1. The van der Waals surface area contributed by atoms with Crippen LogP contribution in [0.4, 0.5) is 0 Å². The van der Waals surface area contributed by atoms with E-state index in [0.717, 1.165) is 12.1 Å². The molecule has 3 aliphatic rings. The molecule has 1 aliphatic carbocycles. The average molecular weight is 476 g/mol. The second kappa shape index (κ2) is 10.2. The number of aliphatic hydroxyl groups is 1. The van der Waals surface area contributed by atoms with Crippen LogP contribution in [0.5, 0.6) is 0 Å². The van der Waals surface area contributed by atoms with Gasteiger partial charge in [-0.25, -0.2) is 4.79 Å². The van der Waals surface area contributed by atoms with Gasteiger partial charge >= 0.3 is 5.97 Å². The molecule has 0 saturated carbocycles. The number of nitrogens with zero attached hydrogens (tertiary/aromatic N) is 1. The van der Waals surface area contributed by atoms with E-state index < -0.39 is 17.4 Å². The fourth-order valence-electron chi connectivity index (χ4n) is 4.00. The molecule has 0 radical (unpaired) electrons. The third-order valence-corrected chi connectivity index (χ3v) is 6.49. The van der Waals surface area contributed by atoms with Crippen LogP contribution >= 0.6 is 11.6 Å². The standard InChI is InChI=1S/C25H30ClNO6/c1-5-15(3)7-8-16-13-17-18(14-27(16)9-11-32-12-10-28)21-20(19(29)6-2)24(31)33-25(21,4)23(30)22(17)26/h7-8,13-15,28H,5-6,9-12H2,1-4H3/b8-7+/t15-,25-/m0/s1. The summed E-state index contributed by atoms with van der Waals surface area (Å²) in [5.74, 6) is -1.38. The van der Waals surface area contributed by atoms with Crippen molar-refractivity contribution in [3.63, 3.8) is 0 Å². The Labute approximate surface area is 199 Å². The van der Waals surface area contributed by atoms with Gasteiger partial charge in [0.25, 0.3) is 0 Å². The van der Waals surface area contributed by atoms with Crippen LogP contribution < -0.4 is 0 Å². The zero-order valence-electron chi connectivity index (χ0n) is 19.4. The largest absolute Gasteiger partial charge is 0.442 e. The molecule has 0 spiro atoms. The first kappa shape index (κ1) is 25.1. The summed E-state index contributed by atoms with van der Waals surface area (Å²) in [6.07, 6.45) is 8.70. The van der Waals surface area contributed by atoms with E-state index in [1.54, 1.807) is 19.2 Å². The van der Waals surface area contributed by atoms with E-state index in [1.807, 2.05) is 11.0 Å². The molecule has 0 saturated heterocycles. The molecular formula is C25H30ClNO6. The highest BCUT2D eigenvalue weighted by Crippen LogP contribution is 2.49. The maximum Gasteiger partial charge on any atom is 0.343 e. The second-order valence-corrected chi connectivity index (χ2v) is 8.77. The van der Waals surface area contributed by atoms with Gasteiger partial charge in [-0.05, 0) is 25.0 Å². The van der Waals surface area contributed by atoms with Crippen molar-refractivity contribution in [3.8, 4) is 0 Å². The highest BCUT2D eigenvalue weighted by atomic mass is 35.5. The van der Waals surface area contributed by atoms with Gasteiger partial charge in [0.15, 0.2) is 11.4 Å². The Kier molecular flexibility index (Phi) is 7.77. The highest BCUT2D eigenvalue weighted by Gasteiger charge is 2.56. The number of ether oxygens (including phenoxy) is 2. The van der Waals surface area contributed by atoms with Gasteiger partial charge < -0.3 is 19.5 Å². The molecular weight excluding hydrogens is 446 g/mol. The van der Waals surface area contributed by atoms with E-state index in [-0.39, 0.29) is 41.6 Å². The van der Waals surface area contributed by atoms with Crippen molar-refractivity contribution < 1.29 is 29.0 Å². The molecule has 0 unspecified atom stereocenters. The first-order chi connectivity index (χ1) is 15.7. The molecule has 7 nitrogen and oxygen atoms in total. The molecule has 0 aromatic carbocycles. The van der Waals surface area contributed by atoms with Gasteiger partial charge in [-0.3, -0.25) is 9.59 Å². The van der Waals surface area contributed by atoms with E-state index >= 15 is 0 Å². The number of ketones is 2. The molecule has 2 aliphatic heterocycles. The third-order valence-electron chi connectivity index (χ3n) is 6.12. The van der Waals surface area contributed by atoms with Crippen molar-refractivity contribution in [3.05, 3.63) is 57.4 Å². The lowest BCUT2D eigenvalue weighted by Crippen LogP contribution is -2.43. The Morgan fingerprint density at radius 3 is 2.70 bits per heavy atom. The van der Waals surface area contributed by atoms with E-state index in [2.05, 4.69) is 19.9 Å². The minimum atomic E-state index is -1.64. The van der Waals surface area contributed by atoms with Gasteiger partial charge in [-0.2, -0.15) is 0 Å². The van der Waals surface area contributed by atoms with Crippen molar-refractivity contribution >= 4 is 29.1 Å². The van der Waals surface area contributed by atoms with Crippen LogP contribution in [0.1, 0.15) is 40.5 Å². The molecule has 0 amide bonds. The Hall–Kier alpha value is -2.48. The topological polar surface area (TPSA) is 93.1 Å². The van der Waals surface area contributed by atoms with Crippen LogP contribution in [0, 0.1) is 5.92 Å². The maximum atomic E-state index is 13.2. The van der Waals surface area contributed by atoms with Crippen LogP contribution in [0.2, 0.25) is 0 Å². The fourth-order valence-corrected chi connectivity index (χ4v) is 4.33. The summed E-state index contributed by atoms with van der Waals surface area (Å²) in [6.45, 7) is 8.28. The molecule has 0 aromatic rings. The first-order valence-electron chi connectivity index (χ1n) is 11.2. The SMILES string of the molecule is CCC(=O)C1=C2C3=CN(CCOCCO)C(/C=C/[C@@H](C)CC)=CC3=C(Cl)C(=O)[C@@]2(C)OC1=O. The molecule has 178 valence electrons. The summed E-state index contributed by atoms with van der Waals surface area (Å²) in [5, 5.41) is 8.96. The normalized spacial score (nSPS) is 23.5. The lowest BCUT2D eigenvalue weighted by atomic mass is 9.75. The number of carbonyl (C=O) groups is 3. The minimum Gasteiger partial charge on any atom is -0.442 e. The Balaban J connectivity index is 2.16. The van der Waals surface area contributed by atoms with Crippen molar-refractivity contribution in [1.29, 1.82) is 0 Å².